The largest absolute Gasteiger partial charge is 0.466 e. The van der Waals surface area contributed by atoms with Gasteiger partial charge in [0.15, 0.2) is 5.78 Å². The van der Waals surface area contributed by atoms with Gasteiger partial charge in [-0.3, -0.25) is 14.4 Å². The van der Waals surface area contributed by atoms with E-state index in [1.807, 2.05) is 33.8 Å². The number of ether oxygens (including phenoxy) is 3. The zero-order valence-electron chi connectivity index (χ0n) is 21.8. The van der Waals surface area contributed by atoms with Crippen LogP contribution in [0, 0.1) is 29.1 Å². The van der Waals surface area contributed by atoms with E-state index in [2.05, 4.69) is 0 Å². The summed E-state index contributed by atoms with van der Waals surface area (Å²) in [5.41, 5.74) is -1.21. The Kier molecular flexibility index (Phi) is 7.89. The van der Waals surface area contributed by atoms with Crippen LogP contribution in [0.15, 0.2) is 30.3 Å². The number of carbonyl (C=O) groups excluding carboxylic acids is 4. The fourth-order valence-corrected chi connectivity index (χ4v) is 6.01. The Morgan fingerprint density at radius 3 is 2.26 bits per heavy atom. The Labute approximate surface area is 207 Å². The molecule has 1 aliphatic heterocycles. The Morgan fingerprint density at radius 1 is 1.06 bits per heavy atom. The normalized spacial score (nSPS) is 29.8. The minimum atomic E-state index is -0.869. The van der Waals surface area contributed by atoms with Gasteiger partial charge in [-0.2, -0.15) is 0 Å². The monoisotopic (exact) mass is 486 g/mol. The molecule has 1 heterocycles. The van der Waals surface area contributed by atoms with Crippen LogP contribution < -0.4 is 0 Å². The highest BCUT2D eigenvalue weighted by atomic mass is 16.6. The molecule has 2 aliphatic rings. The van der Waals surface area contributed by atoms with Crippen LogP contribution in [0.2, 0.25) is 0 Å². The Hall–Kier alpha value is -2.54. The van der Waals surface area contributed by atoms with Crippen molar-refractivity contribution in [1.82, 2.24) is 0 Å². The summed E-state index contributed by atoms with van der Waals surface area (Å²) in [6.07, 6.45) is -0.408. The first kappa shape index (κ1) is 27.1. The van der Waals surface area contributed by atoms with E-state index in [4.69, 9.17) is 14.2 Å². The molecule has 35 heavy (non-hydrogen) atoms. The van der Waals surface area contributed by atoms with Gasteiger partial charge in [0.2, 0.25) is 0 Å². The van der Waals surface area contributed by atoms with Crippen molar-refractivity contribution in [3.8, 4) is 0 Å². The summed E-state index contributed by atoms with van der Waals surface area (Å²) < 4.78 is 17.0. The predicted molar refractivity (Wildman–Crippen MR) is 130 cm³/mol. The van der Waals surface area contributed by atoms with Crippen LogP contribution in [-0.2, 0) is 28.6 Å². The van der Waals surface area contributed by atoms with Crippen LogP contribution >= 0.6 is 0 Å². The first-order chi connectivity index (χ1) is 16.4. The van der Waals surface area contributed by atoms with Gasteiger partial charge in [-0.1, -0.05) is 52.8 Å². The van der Waals surface area contributed by atoms with Crippen LogP contribution in [0.4, 0.5) is 0 Å². The highest BCUT2D eigenvalue weighted by Crippen LogP contribution is 2.68. The number of ketones is 2. The number of Topliss-reactive ketones (excluding diaryl/α,β-unsaturated/α-hetero) is 2. The molecule has 192 valence electrons. The molecule has 7 atom stereocenters. The van der Waals surface area contributed by atoms with E-state index in [-0.39, 0.29) is 42.4 Å². The Bertz CT molecular complexity index is 971. The molecule has 1 aromatic rings. The van der Waals surface area contributed by atoms with Crippen LogP contribution in [0.1, 0.15) is 71.7 Å². The van der Waals surface area contributed by atoms with Crippen molar-refractivity contribution in [2.75, 3.05) is 6.61 Å². The van der Waals surface area contributed by atoms with Crippen LogP contribution in [0.3, 0.4) is 0 Å². The lowest BCUT2D eigenvalue weighted by molar-refractivity contribution is -0.147. The van der Waals surface area contributed by atoms with Crippen molar-refractivity contribution >= 4 is 23.5 Å². The average Bonchev–Trinajstić information content (AvgIpc) is 3.55. The zero-order chi connectivity index (χ0) is 26.1. The SMILES string of the molecule is CC(=O)OC[C@H](C)CCC(=O)[C@@H](C)[C@H]1C(=O)[C@@H]2O[C@]2(C(C)C)[C@]1(C)[C@@H](C)OC(=O)c1ccccc1. The maximum Gasteiger partial charge on any atom is 0.338 e. The van der Waals surface area contributed by atoms with Gasteiger partial charge in [0, 0.05) is 30.6 Å². The van der Waals surface area contributed by atoms with Crippen molar-refractivity contribution in [3.05, 3.63) is 35.9 Å². The lowest BCUT2D eigenvalue weighted by atomic mass is 9.61. The lowest BCUT2D eigenvalue weighted by Crippen LogP contribution is -2.53. The molecule has 3 rings (SSSR count). The van der Waals surface area contributed by atoms with Crippen molar-refractivity contribution < 1.29 is 33.4 Å². The summed E-state index contributed by atoms with van der Waals surface area (Å²) in [4.78, 5) is 50.7. The van der Waals surface area contributed by atoms with E-state index in [0.717, 1.165) is 0 Å². The van der Waals surface area contributed by atoms with E-state index in [9.17, 15) is 19.2 Å². The number of benzene rings is 1. The van der Waals surface area contributed by atoms with Gasteiger partial charge < -0.3 is 14.2 Å². The molecular formula is C28H38O7. The number of carbonyl (C=O) groups is 4. The van der Waals surface area contributed by atoms with E-state index in [1.54, 1.807) is 38.1 Å². The molecule has 7 nitrogen and oxygen atoms in total. The summed E-state index contributed by atoms with van der Waals surface area (Å²) in [6.45, 7) is 13.1. The molecule has 2 fully saturated rings. The molecule has 0 radical (unpaired) electrons. The highest BCUT2D eigenvalue weighted by molar-refractivity contribution is 5.98. The van der Waals surface area contributed by atoms with E-state index in [1.165, 1.54) is 6.92 Å². The number of rotatable bonds is 11. The van der Waals surface area contributed by atoms with E-state index in [0.29, 0.717) is 12.0 Å². The molecule has 7 heteroatoms. The molecule has 1 aliphatic carbocycles. The fourth-order valence-electron chi connectivity index (χ4n) is 6.01. The number of epoxide rings is 1. The maximum absolute atomic E-state index is 13.5. The van der Waals surface area contributed by atoms with Gasteiger partial charge in [0.05, 0.1) is 12.2 Å². The molecule has 0 spiro atoms. The van der Waals surface area contributed by atoms with Crippen molar-refractivity contribution in [2.45, 2.75) is 79.1 Å². The average molecular weight is 487 g/mol. The third kappa shape index (κ3) is 4.80. The standard InChI is InChI=1S/C28H38O7/c1-16(2)28-25(35-28)24(31)23(18(4)22(30)14-13-17(3)15-33-20(6)29)27(28,7)19(5)34-26(32)21-11-9-8-10-12-21/h8-12,16-19,23,25H,13-15H2,1-7H3/t17-,18-,19-,23+,25+,27-,28+/m1/s1. The molecule has 0 unspecified atom stereocenters. The summed E-state index contributed by atoms with van der Waals surface area (Å²) in [5, 5.41) is 0. The summed E-state index contributed by atoms with van der Waals surface area (Å²) in [7, 11) is 0. The Morgan fingerprint density at radius 2 is 1.69 bits per heavy atom. The number of esters is 2. The van der Waals surface area contributed by atoms with Crippen molar-refractivity contribution in [1.29, 1.82) is 0 Å². The van der Waals surface area contributed by atoms with Gasteiger partial charge >= 0.3 is 11.9 Å². The van der Waals surface area contributed by atoms with Crippen LogP contribution in [0.5, 0.6) is 0 Å². The second-order valence-corrected chi connectivity index (χ2v) is 10.7. The van der Waals surface area contributed by atoms with Crippen molar-refractivity contribution in [3.63, 3.8) is 0 Å². The van der Waals surface area contributed by atoms with Crippen LogP contribution in [0.25, 0.3) is 0 Å². The smallest absolute Gasteiger partial charge is 0.338 e. The molecule has 0 amide bonds. The summed E-state index contributed by atoms with van der Waals surface area (Å²) >= 11 is 0. The molecule has 1 saturated heterocycles. The topological polar surface area (TPSA) is 99.3 Å². The first-order valence-electron chi connectivity index (χ1n) is 12.5. The van der Waals surface area contributed by atoms with Gasteiger partial charge in [-0.25, -0.2) is 4.79 Å². The first-order valence-corrected chi connectivity index (χ1v) is 12.5. The molecular weight excluding hydrogens is 448 g/mol. The highest BCUT2D eigenvalue weighted by Gasteiger charge is 2.82. The quantitative estimate of drug-likeness (QED) is 0.337. The molecule has 0 aromatic heterocycles. The zero-order valence-corrected chi connectivity index (χ0v) is 21.8. The van der Waals surface area contributed by atoms with Gasteiger partial charge in [0.25, 0.3) is 0 Å². The minimum absolute atomic E-state index is 0.00428. The van der Waals surface area contributed by atoms with Crippen LogP contribution in [-0.4, -0.2) is 47.9 Å². The summed E-state index contributed by atoms with van der Waals surface area (Å²) in [6, 6.07) is 8.73. The molecule has 0 bridgehead atoms. The third-order valence-corrected chi connectivity index (χ3v) is 8.16. The van der Waals surface area contributed by atoms with E-state index < -0.39 is 41.0 Å². The van der Waals surface area contributed by atoms with Gasteiger partial charge in [-0.15, -0.1) is 0 Å². The third-order valence-electron chi connectivity index (χ3n) is 8.16. The molecule has 1 aromatic carbocycles. The predicted octanol–water partition coefficient (Wildman–Crippen LogP) is 4.42. The molecule has 1 saturated carbocycles. The minimum Gasteiger partial charge on any atom is -0.466 e. The van der Waals surface area contributed by atoms with E-state index >= 15 is 0 Å². The lowest BCUT2D eigenvalue weighted by Gasteiger charge is -2.45. The maximum atomic E-state index is 13.5. The van der Waals surface area contributed by atoms with Gasteiger partial charge in [0.1, 0.15) is 23.6 Å². The van der Waals surface area contributed by atoms with Gasteiger partial charge in [-0.05, 0) is 37.3 Å². The fraction of sp³-hybridized carbons (Fsp3) is 0.643. The Balaban J connectivity index is 1.81. The second kappa shape index (κ2) is 10.2. The number of hydrogen-bond donors (Lipinski definition) is 0. The summed E-state index contributed by atoms with van der Waals surface area (Å²) in [5.74, 6) is -2.08. The van der Waals surface area contributed by atoms with Crippen molar-refractivity contribution in [2.24, 2.45) is 29.1 Å². The number of hydrogen-bond acceptors (Lipinski definition) is 7. The molecule has 0 N–H and O–H groups in total. The second-order valence-electron chi connectivity index (χ2n) is 10.7. The number of fused-ring (bicyclic) bond motifs is 1.